The van der Waals surface area contributed by atoms with Gasteiger partial charge in [0.05, 0.1) is 12.5 Å². The molecule has 0 aromatic carbocycles. The van der Waals surface area contributed by atoms with Crippen molar-refractivity contribution in [2.24, 2.45) is 5.41 Å². The predicted octanol–water partition coefficient (Wildman–Crippen LogP) is 1.48. The third-order valence-electron chi connectivity index (χ3n) is 2.60. The number of nitrogens with zero attached hydrogens (tertiary/aromatic N) is 4. The molecule has 0 saturated carbocycles. The van der Waals surface area contributed by atoms with Crippen molar-refractivity contribution in [1.82, 2.24) is 20.1 Å². The molecule has 6 heteroatoms. The van der Waals surface area contributed by atoms with E-state index in [4.69, 9.17) is 4.52 Å². The standard InChI is InChI=1S/C12H16N4O2/c1-12(2,3)8(17)7-9-15-11(16-18-9)10-13-5-4-6-14-10/h4-6,8,17H,7H2,1-3H3. The maximum absolute atomic E-state index is 9.96. The molecule has 1 unspecified atom stereocenters. The summed E-state index contributed by atoms with van der Waals surface area (Å²) in [6.45, 7) is 5.86. The molecule has 0 saturated heterocycles. The van der Waals surface area contributed by atoms with Gasteiger partial charge >= 0.3 is 0 Å². The molecule has 2 rings (SSSR count). The third-order valence-corrected chi connectivity index (χ3v) is 2.60. The van der Waals surface area contributed by atoms with Crippen LogP contribution in [0.15, 0.2) is 23.0 Å². The minimum atomic E-state index is -0.539. The van der Waals surface area contributed by atoms with E-state index in [1.54, 1.807) is 18.5 Å². The van der Waals surface area contributed by atoms with E-state index >= 15 is 0 Å². The molecule has 1 atom stereocenters. The van der Waals surface area contributed by atoms with Gasteiger partial charge in [0.1, 0.15) is 0 Å². The minimum Gasteiger partial charge on any atom is -0.392 e. The van der Waals surface area contributed by atoms with E-state index in [1.807, 2.05) is 20.8 Å². The average Bonchev–Trinajstić information content (AvgIpc) is 2.77. The lowest BCUT2D eigenvalue weighted by molar-refractivity contribution is 0.0565. The fourth-order valence-corrected chi connectivity index (χ4v) is 1.31. The van der Waals surface area contributed by atoms with Crippen LogP contribution in [0.1, 0.15) is 26.7 Å². The number of aliphatic hydroxyl groups excluding tert-OH is 1. The van der Waals surface area contributed by atoms with Crippen molar-refractivity contribution in [1.29, 1.82) is 0 Å². The molecule has 0 aliphatic carbocycles. The summed E-state index contributed by atoms with van der Waals surface area (Å²) < 4.78 is 5.08. The van der Waals surface area contributed by atoms with E-state index < -0.39 is 6.10 Å². The summed E-state index contributed by atoms with van der Waals surface area (Å²) in [5.74, 6) is 1.14. The van der Waals surface area contributed by atoms with Crippen LogP contribution < -0.4 is 0 Å². The highest BCUT2D eigenvalue weighted by Crippen LogP contribution is 2.22. The first-order valence-electron chi connectivity index (χ1n) is 5.75. The van der Waals surface area contributed by atoms with E-state index in [9.17, 15) is 5.11 Å². The zero-order valence-corrected chi connectivity index (χ0v) is 10.7. The highest BCUT2D eigenvalue weighted by Gasteiger charge is 2.25. The van der Waals surface area contributed by atoms with Gasteiger partial charge in [-0.2, -0.15) is 4.98 Å². The summed E-state index contributed by atoms with van der Waals surface area (Å²) in [6.07, 6.45) is 3.01. The lowest BCUT2D eigenvalue weighted by atomic mass is 9.87. The van der Waals surface area contributed by atoms with Crippen LogP contribution in [0.25, 0.3) is 11.6 Å². The fraction of sp³-hybridized carbons (Fsp3) is 0.500. The van der Waals surface area contributed by atoms with Crippen molar-refractivity contribution in [2.45, 2.75) is 33.3 Å². The Hall–Kier alpha value is -1.82. The molecule has 0 bridgehead atoms. The number of rotatable bonds is 3. The molecule has 2 aromatic heterocycles. The number of aliphatic hydroxyl groups is 1. The average molecular weight is 248 g/mol. The molecule has 0 radical (unpaired) electrons. The van der Waals surface area contributed by atoms with Gasteiger partial charge < -0.3 is 9.63 Å². The molecule has 1 N–H and O–H groups in total. The van der Waals surface area contributed by atoms with Gasteiger partial charge in [-0.25, -0.2) is 9.97 Å². The maximum atomic E-state index is 9.96. The summed E-state index contributed by atoms with van der Waals surface area (Å²) in [4.78, 5) is 12.2. The molecule has 0 amide bonds. The van der Waals surface area contributed by atoms with Crippen LogP contribution in [0.4, 0.5) is 0 Å². The van der Waals surface area contributed by atoms with Crippen LogP contribution in [0.5, 0.6) is 0 Å². The zero-order valence-electron chi connectivity index (χ0n) is 10.7. The van der Waals surface area contributed by atoms with Crippen molar-refractivity contribution < 1.29 is 9.63 Å². The zero-order chi connectivity index (χ0) is 13.2. The van der Waals surface area contributed by atoms with Crippen LogP contribution in [0, 0.1) is 5.41 Å². The molecule has 2 aromatic rings. The predicted molar refractivity (Wildman–Crippen MR) is 64.5 cm³/mol. The Bertz CT molecular complexity index is 504. The molecule has 0 spiro atoms. The second kappa shape index (κ2) is 4.81. The molecule has 96 valence electrons. The number of hydrogen-bond acceptors (Lipinski definition) is 6. The molecule has 18 heavy (non-hydrogen) atoms. The highest BCUT2D eigenvalue weighted by molar-refractivity contribution is 5.40. The summed E-state index contributed by atoms with van der Waals surface area (Å²) in [6, 6.07) is 1.72. The van der Waals surface area contributed by atoms with Crippen molar-refractivity contribution in [3.8, 4) is 11.6 Å². The molecule has 2 heterocycles. The Balaban J connectivity index is 2.12. The topological polar surface area (TPSA) is 84.9 Å². The van der Waals surface area contributed by atoms with Gasteiger partial charge in [-0.3, -0.25) is 0 Å². The van der Waals surface area contributed by atoms with E-state index in [1.165, 1.54) is 0 Å². The van der Waals surface area contributed by atoms with Gasteiger partial charge in [-0.15, -0.1) is 0 Å². The second-order valence-electron chi connectivity index (χ2n) is 5.17. The second-order valence-corrected chi connectivity index (χ2v) is 5.17. The lowest BCUT2D eigenvalue weighted by Gasteiger charge is -2.24. The molecular weight excluding hydrogens is 232 g/mol. The molecule has 0 aliphatic rings. The summed E-state index contributed by atoms with van der Waals surface area (Å²) in [5.41, 5.74) is -0.224. The van der Waals surface area contributed by atoms with Gasteiger partial charge in [-0.05, 0) is 11.5 Å². The van der Waals surface area contributed by atoms with Crippen molar-refractivity contribution in [3.63, 3.8) is 0 Å². The van der Waals surface area contributed by atoms with Crippen LogP contribution in [0.3, 0.4) is 0 Å². The number of hydrogen-bond donors (Lipinski definition) is 1. The lowest BCUT2D eigenvalue weighted by Crippen LogP contribution is -2.28. The van der Waals surface area contributed by atoms with Crippen LogP contribution >= 0.6 is 0 Å². The smallest absolute Gasteiger partial charge is 0.240 e. The van der Waals surface area contributed by atoms with Crippen molar-refractivity contribution in [3.05, 3.63) is 24.4 Å². The Kier molecular flexibility index (Phi) is 3.38. The summed E-state index contributed by atoms with van der Waals surface area (Å²) in [7, 11) is 0. The van der Waals surface area contributed by atoms with Crippen molar-refractivity contribution in [2.75, 3.05) is 0 Å². The minimum absolute atomic E-state index is 0.224. The van der Waals surface area contributed by atoms with Crippen LogP contribution in [-0.4, -0.2) is 31.3 Å². The quantitative estimate of drug-likeness (QED) is 0.885. The number of aromatic nitrogens is 4. The Morgan fingerprint density at radius 1 is 1.22 bits per heavy atom. The normalized spacial score (nSPS) is 13.6. The molecular formula is C12H16N4O2. The monoisotopic (exact) mass is 248 g/mol. The first-order valence-corrected chi connectivity index (χ1v) is 5.75. The van der Waals surface area contributed by atoms with Crippen LogP contribution in [0.2, 0.25) is 0 Å². The Morgan fingerprint density at radius 2 is 1.89 bits per heavy atom. The van der Waals surface area contributed by atoms with Gasteiger partial charge in [-0.1, -0.05) is 25.9 Å². The van der Waals surface area contributed by atoms with E-state index in [2.05, 4.69) is 20.1 Å². The molecule has 0 fully saturated rings. The van der Waals surface area contributed by atoms with E-state index in [0.717, 1.165) is 0 Å². The summed E-state index contributed by atoms with van der Waals surface area (Å²) in [5, 5.41) is 13.8. The van der Waals surface area contributed by atoms with Crippen molar-refractivity contribution >= 4 is 0 Å². The fourth-order valence-electron chi connectivity index (χ4n) is 1.31. The Labute approximate surface area is 105 Å². The Morgan fingerprint density at radius 3 is 2.50 bits per heavy atom. The largest absolute Gasteiger partial charge is 0.392 e. The maximum Gasteiger partial charge on any atom is 0.240 e. The van der Waals surface area contributed by atoms with Gasteiger partial charge in [0.15, 0.2) is 0 Å². The van der Waals surface area contributed by atoms with Gasteiger partial charge in [0.25, 0.3) is 0 Å². The van der Waals surface area contributed by atoms with Crippen LogP contribution in [-0.2, 0) is 6.42 Å². The third kappa shape index (κ3) is 2.89. The first-order chi connectivity index (χ1) is 8.47. The SMILES string of the molecule is CC(C)(C)C(O)Cc1nc(-c2ncccn2)no1. The molecule has 6 nitrogen and oxygen atoms in total. The first kappa shape index (κ1) is 12.6. The van der Waals surface area contributed by atoms with Gasteiger partial charge in [0, 0.05) is 12.4 Å². The highest BCUT2D eigenvalue weighted by atomic mass is 16.5. The van der Waals surface area contributed by atoms with E-state index in [-0.39, 0.29) is 5.41 Å². The van der Waals surface area contributed by atoms with E-state index in [0.29, 0.717) is 24.0 Å². The van der Waals surface area contributed by atoms with Gasteiger partial charge in [0.2, 0.25) is 17.5 Å². The molecule has 0 aliphatic heterocycles. The summed E-state index contributed by atoms with van der Waals surface area (Å²) >= 11 is 0.